The maximum absolute atomic E-state index is 12.5. The first-order chi connectivity index (χ1) is 11.6. The number of fused-ring (bicyclic) bond motifs is 4. The van der Waals surface area contributed by atoms with Gasteiger partial charge >= 0.3 is 22.4 Å². The average molecular weight is 392 g/mol. The summed E-state index contributed by atoms with van der Waals surface area (Å²) in [6.07, 6.45) is 1.42. The molecule has 26 heavy (non-hydrogen) atoms. The summed E-state index contributed by atoms with van der Waals surface area (Å²) in [6.45, 7) is 1.14. The van der Waals surface area contributed by atoms with Crippen molar-refractivity contribution in [3.05, 3.63) is 17.5 Å². The fourth-order valence-corrected chi connectivity index (χ4v) is 3.26. The molecule has 15 heteroatoms. The fourth-order valence-electron chi connectivity index (χ4n) is 2.89. The van der Waals surface area contributed by atoms with Crippen molar-refractivity contribution in [3.8, 4) is 0 Å². The van der Waals surface area contributed by atoms with Gasteiger partial charge in [-0.2, -0.15) is 18.6 Å². The number of carbonyl (C=O) groups excluding carboxylic acids is 2. The van der Waals surface area contributed by atoms with Gasteiger partial charge in [0.15, 0.2) is 5.84 Å². The predicted octanol–water partition coefficient (Wildman–Crippen LogP) is -2.00. The van der Waals surface area contributed by atoms with E-state index in [1.54, 1.807) is 7.05 Å². The zero-order chi connectivity index (χ0) is 18.5. The molecule has 1 saturated heterocycles. The molecule has 1 fully saturated rings. The van der Waals surface area contributed by atoms with Crippen molar-refractivity contribution in [2.75, 3.05) is 6.54 Å². The van der Waals surface area contributed by atoms with E-state index in [1.165, 1.54) is 15.8 Å². The van der Waals surface area contributed by atoms with E-state index >= 15 is 0 Å². The van der Waals surface area contributed by atoms with Crippen LogP contribution < -0.4 is 5.73 Å². The molecule has 0 unspecified atom stereocenters. The molecule has 0 saturated carbocycles. The first-order valence-electron chi connectivity index (χ1n) is 6.89. The van der Waals surface area contributed by atoms with Gasteiger partial charge in [-0.3, -0.25) is 9.23 Å². The lowest BCUT2D eigenvalue weighted by molar-refractivity contribution is -0.141. The molecule has 5 N–H and O–H groups in total. The molecule has 1 aromatic heterocycles. The molecule has 1 aromatic rings. The Morgan fingerprint density at radius 3 is 2.73 bits per heavy atom. The van der Waals surface area contributed by atoms with E-state index in [9.17, 15) is 18.0 Å². The quantitative estimate of drug-likeness (QED) is 0.191. The summed E-state index contributed by atoms with van der Waals surface area (Å²) in [4.78, 5) is 29.1. The van der Waals surface area contributed by atoms with E-state index < -0.39 is 34.5 Å². The largest absolute Gasteiger partial charge is 0.418 e. The van der Waals surface area contributed by atoms with Gasteiger partial charge in [0.25, 0.3) is 0 Å². The van der Waals surface area contributed by atoms with Crippen LogP contribution in [0.4, 0.5) is 4.79 Å². The Kier molecular flexibility index (Phi) is 4.91. The number of amides is 2. The number of hydroxylamine groups is 2. The fraction of sp³-hybridized carbons (Fsp3) is 0.455. The van der Waals surface area contributed by atoms with E-state index in [0.29, 0.717) is 16.3 Å². The number of aryl methyl sites for hydroxylation is 1. The van der Waals surface area contributed by atoms with Gasteiger partial charge in [0.05, 0.1) is 18.4 Å². The van der Waals surface area contributed by atoms with Crippen molar-refractivity contribution in [1.29, 1.82) is 0 Å². The number of urea groups is 1. The number of amidine groups is 1. The van der Waals surface area contributed by atoms with Crippen molar-refractivity contribution in [1.82, 2.24) is 19.7 Å². The molecule has 2 aliphatic heterocycles. The highest BCUT2D eigenvalue weighted by molar-refractivity contribution is 7.80. The number of aromatic nitrogens is 2. The predicted molar refractivity (Wildman–Crippen MR) is 82.3 cm³/mol. The molecular formula is C11H16N6O8S. The summed E-state index contributed by atoms with van der Waals surface area (Å²) in [5.41, 5.74) is 6.77. The van der Waals surface area contributed by atoms with E-state index in [1.807, 2.05) is 0 Å². The summed E-state index contributed by atoms with van der Waals surface area (Å²) in [5.74, 6) is -0.911. The molecule has 3 rings (SSSR count). The third kappa shape index (κ3) is 3.19. The standard InChI is InChI=1S/C11H14N6O7S.H2O/c1-5(18)23-14-10(12)9-8-6(3-13-15(8)2)7-4-16(9)11(19)17(7)24-25(20,21)22;/h3,7,9H,4H2,1-2H3,(H2,12,14)(H,20,21,22);1H2/t7-,9-;/m0./s1. The van der Waals surface area contributed by atoms with Gasteiger partial charge in [-0.1, -0.05) is 5.16 Å². The molecule has 144 valence electrons. The third-order valence-electron chi connectivity index (χ3n) is 3.77. The van der Waals surface area contributed by atoms with Gasteiger partial charge < -0.3 is 20.9 Å². The molecule has 0 aromatic carbocycles. The maximum Gasteiger partial charge on any atom is 0.418 e. The zero-order valence-electron chi connectivity index (χ0n) is 13.6. The summed E-state index contributed by atoms with van der Waals surface area (Å²) in [7, 11) is -3.32. The second kappa shape index (κ2) is 6.52. The highest BCUT2D eigenvalue weighted by atomic mass is 32.3. The molecule has 3 heterocycles. The molecule has 14 nitrogen and oxygen atoms in total. The van der Waals surface area contributed by atoms with Gasteiger partial charge in [0.2, 0.25) is 0 Å². The number of rotatable bonds is 4. The second-order valence-electron chi connectivity index (χ2n) is 5.39. The second-order valence-corrected chi connectivity index (χ2v) is 6.39. The number of nitrogens with zero attached hydrogens (tertiary/aromatic N) is 5. The van der Waals surface area contributed by atoms with Crippen LogP contribution in [0.3, 0.4) is 0 Å². The Balaban J connectivity index is 0.00000243. The van der Waals surface area contributed by atoms with Gasteiger partial charge in [-0.15, -0.1) is 4.28 Å². The highest BCUT2D eigenvalue weighted by Crippen LogP contribution is 2.43. The topological polar surface area (TPSA) is 201 Å². The lowest BCUT2D eigenvalue weighted by Gasteiger charge is -2.30. The molecule has 0 spiro atoms. The normalized spacial score (nSPS) is 22.1. The Labute approximate surface area is 146 Å². The van der Waals surface area contributed by atoms with Crippen LogP contribution >= 0.6 is 0 Å². The van der Waals surface area contributed by atoms with Gasteiger partial charge in [0, 0.05) is 19.5 Å². The van der Waals surface area contributed by atoms with Crippen molar-refractivity contribution >= 4 is 28.2 Å². The van der Waals surface area contributed by atoms with Gasteiger partial charge in [-0.25, -0.2) is 9.59 Å². The SMILES string of the molecule is CC(=O)O/N=C(\N)[C@@H]1c2c(cnn2C)[C@@H]2CN1C(=O)N2OS(=O)(=O)O.O. The van der Waals surface area contributed by atoms with E-state index in [0.717, 1.165) is 6.92 Å². The van der Waals surface area contributed by atoms with E-state index in [-0.39, 0.29) is 17.9 Å². The first kappa shape index (κ1) is 19.6. The third-order valence-corrected chi connectivity index (χ3v) is 4.11. The summed E-state index contributed by atoms with van der Waals surface area (Å²) in [5, 5.41) is 8.09. The Morgan fingerprint density at radius 2 is 2.15 bits per heavy atom. The lowest BCUT2D eigenvalue weighted by atomic mass is 9.97. The van der Waals surface area contributed by atoms with Crippen LogP contribution in [0.1, 0.15) is 30.3 Å². The number of nitrogens with two attached hydrogens (primary N) is 1. The van der Waals surface area contributed by atoms with Crippen LogP contribution in [0.2, 0.25) is 0 Å². The Hall–Kier alpha value is -2.75. The zero-order valence-corrected chi connectivity index (χ0v) is 14.4. The molecule has 2 bridgehead atoms. The minimum atomic E-state index is -4.91. The number of oxime groups is 1. The minimum absolute atomic E-state index is 0. The number of hydrogen-bond acceptors (Lipinski definition) is 8. The van der Waals surface area contributed by atoms with Crippen LogP contribution in [-0.4, -0.2) is 62.6 Å². The molecule has 0 radical (unpaired) electrons. The molecule has 2 amide bonds. The van der Waals surface area contributed by atoms with Gasteiger partial charge in [-0.05, 0) is 0 Å². The molecule has 2 atom stereocenters. The monoisotopic (exact) mass is 392 g/mol. The lowest BCUT2D eigenvalue weighted by Crippen LogP contribution is -2.42. The van der Waals surface area contributed by atoms with Crippen molar-refractivity contribution in [3.63, 3.8) is 0 Å². The van der Waals surface area contributed by atoms with E-state index in [2.05, 4.69) is 19.4 Å². The van der Waals surface area contributed by atoms with Crippen molar-refractivity contribution in [2.24, 2.45) is 17.9 Å². The van der Waals surface area contributed by atoms with Gasteiger partial charge in [0.1, 0.15) is 12.1 Å². The Morgan fingerprint density at radius 1 is 1.50 bits per heavy atom. The smallest absolute Gasteiger partial charge is 0.412 e. The summed E-state index contributed by atoms with van der Waals surface area (Å²) >= 11 is 0. The van der Waals surface area contributed by atoms with Crippen LogP contribution in [0.25, 0.3) is 0 Å². The molecular weight excluding hydrogens is 376 g/mol. The Bertz CT molecular complexity index is 879. The average Bonchev–Trinajstić information content (AvgIpc) is 3.00. The summed E-state index contributed by atoms with van der Waals surface area (Å²) in [6, 6.07) is -2.64. The first-order valence-corrected chi connectivity index (χ1v) is 8.26. The summed E-state index contributed by atoms with van der Waals surface area (Å²) < 4.78 is 36.8. The van der Waals surface area contributed by atoms with E-state index in [4.69, 9.17) is 10.3 Å². The molecule has 2 aliphatic rings. The highest BCUT2D eigenvalue weighted by Gasteiger charge is 2.53. The maximum atomic E-state index is 12.5. The van der Waals surface area contributed by atoms with Crippen molar-refractivity contribution < 1.29 is 37.2 Å². The van der Waals surface area contributed by atoms with Crippen LogP contribution in [-0.2, 0) is 31.4 Å². The number of carbonyl (C=O) groups is 2. The minimum Gasteiger partial charge on any atom is -0.412 e. The van der Waals surface area contributed by atoms with Crippen molar-refractivity contribution in [2.45, 2.75) is 19.0 Å². The van der Waals surface area contributed by atoms with Crippen LogP contribution in [0, 0.1) is 0 Å². The van der Waals surface area contributed by atoms with Crippen LogP contribution in [0.15, 0.2) is 11.4 Å². The molecule has 0 aliphatic carbocycles. The van der Waals surface area contributed by atoms with Crippen LogP contribution in [0.5, 0.6) is 0 Å². The number of hydrogen-bond donors (Lipinski definition) is 2.